The highest BCUT2D eigenvalue weighted by Gasteiger charge is 2.40. The van der Waals surface area contributed by atoms with Crippen molar-refractivity contribution in [2.24, 2.45) is 5.92 Å². The molecule has 5 rings (SSSR count). The highest BCUT2D eigenvalue weighted by atomic mass is 16.2. The van der Waals surface area contributed by atoms with Crippen LogP contribution in [0.1, 0.15) is 51.1 Å². The number of hydrogen-bond donors (Lipinski definition) is 0. The number of nitriles is 1. The molecule has 0 spiro atoms. The Balaban J connectivity index is 1.61. The highest BCUT2D eigenvalue weighted by molar-refractivity contribution is 6.34. The molecule has 6 nitrogen and oxygen atoms in total. The van der Waals surface area contributed by atoms with Gasteiger partial charge >= 0.3 is 0 Å². The average Bonchev–Trinajstić information content (AvgIpc) is 3.51. The number of fused-ring (bicyclic) bond motifs is 1. The van der Waals surface area contributed by atoms with E-state index in [0.717, 1.165) is 23.2 Å². The maximum absolute atomic E-state index is 13.1. The number of anilines is 1. The molecule has 0 saturated heterocycles. The van der Waals surface area contributed by atoms with Crippen molar-refractivity contribution in [1.82, 2.24) is 9.78 Å². The Bertz CT molecular complexity index is 1180. The third-order valence-corrected chi connectivity index (χ3v) is 5.90. The van der Waals surface area contributed by atoms with Gasteiger partial charge in [-0.25, -0.2) is 9.58 Å². The van der Waals surface area contributed by atoms with Crippen molar-refractivity contribution in [1.29, 1.82) is 5.26 Å². The van der Waals surface area contributed by atoms with Crippen LogP contribution in [0.5, 0.6) is 0 Å². The molecule has 1 aliphatic heterocycles. The second-order valence-corrected chi connectivity index (χ2v) is 7.93. The van der Waals surface area contributed by atoms with E-state index in [1.165, 1.54) is 17.7 Å². The number of amides is 2. The number of aryl methyl sites for hydroxylation is 1. The van der Waals surface area contributed by atoms with E-state index in [0.29, 0.717) is 35.0 Å². The van der Waals surface area contributed by atoms with Crippen molar-refractivity contribution in [2.75, 3.05) is 4.90 Å². The van der Waals surface area contributed by atoms with Gasteiger partial charge in [0.1, 0.15) is 5.82 Å². The summed E-state index contributed by atoms with van der Waals surface area (Å²) in [6, 6.07) is 16.2. The summed E-state index contributed by atoms with van der Waals surface area (Å²) in [6.45, 7) is 2.55. The predicted molar refractivity (Wildman–Crippen MR) is 112 cm³/mol. The minimum absolute atomic E-state index is 0.308. The zero-order valence-corrected chi connectivity index (χ0v) is 16.6. The first-order valence-electron chi connectivity index (χ1n) is 10.1. The summed E-state index contributed by atoms with van der Waals surface area (Å²) >= 11 is 0. The van der Waals surface area contributed by atoms with Gasteiger partial charge in [0.2, 0.25) is 0 Å². The quantitative estimate of drug-likeness (QED) is 0.601. The summed E-state index contributed by atoms with van der Waals surface area (Å²) in [6.07, 6.45) is 3.43. The average molecular weight is 396 g/mol. The minimum Gasteiger partial charge on any atom is -0.268 e. The Morgan fingerprint density at radius 1 is 1.03 bits per heavy atom. The molecule has 148 valence electrons. The van der Waals surface area contributed by atoms with Crippen LogP contribution in [0.4, 0.5) is 5.82 Å². The maximum atomic E-state index is 13.1. The molecule has 2 amide bonds. The number of benzene rings is 2. The first-order chi connectivity index (χ1) is 14.6. The molecular formula is C24H20N4O2. The topological polar surface area (TPSA) is 79.0 Å². The highest BCUT2D eigenvalue weighted by Crippen LogP contribution is 2.38. The van der Waals surface area contributed by atoms with Crippen molar-refractivity contribution in [3.05, 3.63) is 70.8 Å². The fraction of sp³-hybridized carbons (Fsp3) is 0.250. The number of carbonyl (C=O) groups is 2. The Morgan fingerprint density at radius 2 is 1.67 bits per heavy atom. The van der Waals surface area contributed by atoms with Crippen molar-refractivity contribution >= 4 is 17.6 Å². The molecular weight excluding hydrogens is 376 g/mol. The van der Waals surface area contributed by atoms with Crippen LogP contribution in [-0.2, 0) is 6.54 Å². The Hall–Kier alpha value is -3.72. The molecule has 30 heavy (non-hydrogen) atoms. The van der Waals surface area contributed by atoms with Gasteiger partial charge < -0.3 is 0 Å². The van der Waals surface area contributed by atoms with Crippen LogP contribution in [0.3, 0.4) is 0 Å². The zero-order valence-electron chi connectivity index (χ0n) is 16.6. The molecule has 2 aliphatic rings. The van der Waals surface area contributed by atoms with Crippen molar-refractivity contribution in [3.8, 4) is 17.3 Å². The first-order valence-corrected chi connectivity index (χ1v) is 10.1. The maximum Gasteiger partial charge on any atom is 0.267 e. The molecule has 1 saturated carbocycles. The molecule has 1 aromatic heterocycles. The van der Waals surface area contributed by atoms with Gasteiger partial charge in [-0.3, -0.25) is 9.59 Å². The Morgan fingerprint density at radius 3 is 2.23 bits per heavy atom. The van der Waals surface area contributed by atoms with Crippen LogP contribution in [-0.4, -0.2) is 21.6 Å². The first kappa shape index (κ1) is 18.3. The summed E-state index contributed by atoms with van der Waals surface area (Å²) in [5, 5.41) is 13.9. The molecule has 2 aromatic carbocycles. The fourth-order valence-electron chi connectivity index (χ4n) is 4.05. The lowest BCUT2D eigenvalue weighted by atomic mass is 10.1. The number of hydrogen-bond acceptors (Lipinski definition) is 4. The summed E-state index contributed by atoms with van der Waals surface area (Å²) in [7, 11) is 0. The van der Waals surface area contributed by atoms with Gasteiger partial charge in [-0.1, -0.05) is 37.1 Å². The van der Waals surface area contributed by atoms with E-state index in [2.05, 4.69) is 6.07 Å². The third kappa shape index (κ3) is 2.91. The van der Waals surface area contributed by atoms with Gasteiger partial charge in [-0.2, -0.15) is 10.4 Å². The summed E-state index contributed by atoms with van der Waals surface area (Å²) < 4.78 is 1.81. The van der Waals surface area contributed by atoms with E-state index >= 15 is 0 Å². The van der Waals surface area contributed by atoms with Crippen LogP contribution in [0.15, 0.2) is 48.5 Å². The lowest BCUT2D eigenvalue weighted by Crippen LogP contribution is -2.32. The molecule has 0 atom stereocenters. The number of aromatic nitrogens is 2. The van der Waals surface area contributed by atoms with Gasteiger partial charge in [-0.05, 0) is 43.5 Å². The monoisotopic (exact) mass is 396 g/mol. The zero-order chi connectivity index (χ0) is 20.8. The fourth-order valence-corrected chi connectivity index (χ4v) is 4.05. The molecule has 1 aliphatic carbocycles. The van der Waals surface area contributed by atoms with E-state index in [-0.39, 0.29) is 11.8 Å². The van der Waals surface area contributed by atoms with Crippen molar-refractivity contribution < 1.29 is 9.59 Å². The van der Waals surface area contributed by atoms with E-state index in [1.54, 1.807) is 36.4 Å². The third-order valence-electron chi connectivity index (χ3n) is 5.90. The van der Waals surface area contributed by atoms with Gasteiger partial charge in [0.25, 0.3) is 11.8 Å². The molecule has 6 heteroatoms. The van der Waals surface area contributed by atoms with Gasteiger partial charge in [0, 0.05) is 17.7 Å². The van der Waals surface area contributed by atoms with Gasteiger partial charge in [-0.15, -0.1) is 0 Å². The lowest BCUT2D eigenvalue weighted by molar-refractivity contribution is 0.0923. The smallest absolute Gasteiger partial charge is 0.267 e. The van der Waals surface area contributed by atoms with Crippen molar-refractivity contribution in [3.63, 3.8) is 0 Å². The molecule has 2 heterocycles. The predicted octanol–water partition coefficient (Wildman–Crippen LogP) is 4.33. The largest absolute Gasteiger partial charge is 0.268 e. The second-order valence-electron chi connectivity index (χ2n) is 7.93. The SMILES string of the molecule is Cc1c(-c2ccc(C#N)cc2)nn(CCC2CC2)c1N1C(=O)c2ccccc2C1=O. The van der Waals surface area contributed by atoms with Crippen molar-refractivity contribution in [2.45, 2.75) is 32.7 Å². The summed E-state index contributed by atoms with van der Waals surface area (Å²) in [4.78, 5) is 27.5. The second kappa shape index (κ2) is 6.96. The van der Waals surface area contributed by atoms with Gasteiger partial charge in [0.15, 0.2) is 0 Å². The number of rotatable bonds is 5. The molecule has 0 radical (unpaired) electrons. The molecule has 0 bridgehead atoms. The van der Waals surface area contributed by atoms with Crippen LogP contribution in [0.25, 0.3) is 11.3 Å². The summed E-state index contributed by atoms with van der Waals surface area (Å²) in [5.41, 5.74) is 3.79. The van der Waals surface area contributed by atoms with Crippen LogP contribution >= 0.6 is 0 Å². The van der Waals surface area contributed by atoms with Crippen LogP contribution < -0.4 is 4.90 Å². The summed E-state index contributed by atoms with van der Waals surface area (Å²) in [5.74, 6) is 0.624. The number of imide groups is 1. The van der Waals surface area contributed by atoms with Gasteiger partial charge in [0.05, 0.1) is 28.5 Å². The van der Waals surface area contributed by atoms with E-state index in [9.17, 15) is 9.59 Å². The Labute approximate surface area is 174 Å². The van der Waals surface area contributed by atoms with E-state index < -0.39 is 0 Å². The van der Waals surface area contributed by atoms with Crippen LogP contribution in [0.2, 0.25) is 0 Å². The minimum atomic E-state index is -0.308. The standard InChI is InChI=1S/C24H20N4O2/c1-15-21(18-10-8-17(14-25)9-11-18)26-27(13-12-16-6-7-16)22(15)28-23(29)19-4-2-3-5-20(19)24(28)30/h2-5,8-11,16H,6-7,12-13H2,1H3. The van der Waals surface area contributed by atoms with Crippen LogP contribution in [0, 0.1) is 24.2 Å². The number of nitrogens with zero attached hydrogens (tertiary/aromatic N) is 4. The molecule has 0 N–H and O–H groups in total. The lowest BCUT2D eigenvalue weighted by Gasteiger charge is -2.17. The molecule has 3 aromatic rings. The molecule has 0 unspecified atom stereocenters. The van der Waals surface area contributed by atoms with E-state index in [1.807, 2.05) is 23.7 Å². The normalized spacial score (nSPS) is 15.4. The van der Waals surface area contributed by atoms with E-state index in [4.69, 9.17) is 10.4 Å². The Kier molecular flexibility index (Phi) is 4.25. The number of carbonyl (C=O) groups excluding carboxylic acids is 2. The molecule has 1 fully saturated rings.